The summed E-state index contributed by atoms with van der Waals surface area (Å²) in [5, 5.41) is 10.4. The van der Waals surface area contributed by atoms with Crippen molar-refractivity contribution in [1.82, 2.24) is 10.5 Å². The number of nitrogens with zero attached hydrogens (tertiary/aromatic N) is 1. The zero-order valence-electron chi connectivity index (χ0n) is 7.18. The molecule has 0 spiro atoms. The molecule has 0 atom stereocenters. The van der Waals surface area contributed by atoms with Crippen molar-refractivity contribution < 1.29 is 4.52 Å². The maximum atomic E-state index is 5.19. The first-order valence-corrected chi connectivity index (χ1v) is 4.34. The minimum atomic E-state index is 0.876. The van der Waals surface area contributed by atoms with Gasteiger partial charge in [0, 0.05) is 26.1 Å². The summed E-state index contributed by atoms with van der Waals surface area (Å²) in [6.45, 7) is 4.81. The summed E-state index contributed by atoms with van der Waals surface area (Å²) in [4.78, 5) is 0. The second-order valence-corrected chi connectivity index (χ2v) is 2.89. The van der Waals surface area contributed by atoms with E-state index in [2.05, 4.69) is 22.7 Å². The maximum absolute atomic E-state index is 5.19. The molecular formula is C8H13N3O. The van der Waals surface area contributed by atoms with Crippen LogP contribution in [0.2, 0.25) is 0 Å². The van der Waals surface area contributed by atoms with E-state index in [1.807, 2.05) is 0 Å². The van der Waals surface area contributed by atoms with E-state index in [0.717, 1.165) is 37.6 Å². The molecule has 4 heteroatoms. The highest BCUT2D eigenvalue weighted by molar-refractivity contribution is 5.45. The van der Waals surface area contributed by atoms with E-state index < -0.39 is 0 Å². The molecule has 1 aliphatic rings. The number of rotatable bonds is 2. The van der Waals surface area contributed by atoms with E-state index in [9.17, 15) is 0 Å². The molecule has 0 amide bonds. The van der Waals surface area contributed by atoms with Crippen molar-refractivity contribution in [3.8, 4) is 0 Å². The van der Waals surface area contributed by atoms with Crippen molar-refractivity contribution in [3.05, 3.63) is 11.3 Å². The Bertz CT molecular complexity index is 269. The highest BCUT2D eigenvalue weighted by Crippen LogP contribution is 2.21. The molecule has 0 unspecified atom stereocenters. The van der Waals surface area contributed by atoms with Gasteiger partial charge < -0.3 is 15.2 Å². The second kappa shape index (κ2) is 3.15. The molecule has 1 aromatic rings. The van der Waals surface area contributed by atoms with E-state index in [0.29, 0.717) is 0 Å². The fourth-order valence-electron chi connectivity index (χ4n) is 1.44. The Hall–Kier alpha value is -1.03. The topological polar surface area (TPSA) is 50.1 Å². The van der Waals surface area contributed by atoms with Gasteiger partial charge in [0.15, 0.2) is 5.82 Å². The van der Waals surface area contributed by atoms with E-state index in [1.165, 1.54) is 5.56 Å². The summed E-state index contributed by atoms with van der Waals surface area (Å²) in [6, 6.07) is 0. The monoisotopic (exact) mass is 167 g/mol. The zero-order valence-corrected chi connectivity index (χ0v) is 7.18. The lowest BCUT2D eigenvalue weighted by Crippen LogP contribution is -2.23. The van der Waals surface area contributed by atoms with Gasteiger partial charge in [-0.15, -0.1) is 0 Å². The van der Waals surface area contributed by atoms with Gasteiger partial charge in [-0.05, 0) is 6.92 Å². The van der Waals surface area contributed by atoms with Crippen LogP contribution in [0.3, 0.4) is 0 Å². The third-order valence-electron chi connectivity index (χ3n) is 2.04. The third-order valence-corrected chi connectivity index (χ3v) is 2.04. The fraction of sp³-hybridized carbons (Fsp3) is 0.625. The molecule has 12 heavy (non-hydrogen) atoms. The van der Waals surface area contributed by atoms with Gasteiger partial charge in [-0.3, -0.25) is 0 Å². The summed E-state index contributed by atoms with van der Waals surface area (Å²) >= 11 is 0. The van der Waals surface area contributed by atoms with E-state index >= 15 is 0 Å². The average Bonchev–Trinajstić information content (AvgIpc) is 2.50. The summed E-state index contributed by atoms with van der Waals surface area (Å²) in [5.74, 6) is 1.93. The molecule has 1 aliphatic heterocycles. The molecule has 2 heterocycles. The zero-order chi connectivity index (χ0) is 8.39. The Morgan fingerprint density at radius 1 is 1.67 bits per heavy atom. The molecule has 0 aromatic carbocycles. The minimum absolute atomic E-state index is 0.876. The largest absolute Gasteiger partial charge is 0.367 e. The molecule has 2 rings (SSSR count). The summed E-state index contributed by atoms with van der Waals surface area (Å²) < 4.78 is 5.19. The predicted molar refractivity (Wildman–Crippen MR) is 46.1 cm³/mol. The Balaban J connectivity index is 2.25. The van der Waals surface area contributed by atoms with Crippen LogP contribution in [0, 0.1) is 0 Å². The Labute approximate surface area is 71.3 Å². The van der Waals surface area contributed by atoms with Crippen LogP contribution in [-0.4, -0.2) is 18.2 Å². The van der Waals surface area contributed by atoms with Gasteiger partial charge in [0.25, 0.3) is 0 Å². The SMILES string of the molecule is CCNc1noc2c1CNCC2. The Morgan fingerprint density at radius 3 is 3.42 bits per heavy atom. The van der Waals surface area contributed by atoms with Crippen LogP contribution in [0.1, 0.15) is 18.2 Å². The molecule has 0 radical (unpaired) electrons. The summed E-state index contributed by atoms with van der Waals surface area (Å²) in [6.07, 6.45) is 0.952. The first kappa shape index (κ1) is 7.61. The van der Waals surface area contributed by atoms with Crippen LogP contribution in [-0.2, 0) is 13.0 Å². The van der Waals surface area contributed by atoms with Crippen molar-refractivity contribution in [1.29, 1.82) is 0 Å². The van der Waals surface area contributed by atoms with E-state index in [4.69, 9.17) is 4.52 Å². The van der Waals surface area contributed by atoms with Gasteiger partial charge in [-0.2, -0.15) is 0 Å². The molecule has 0 bridgehead atoms. The van der Waals surface area contributed by atoms with Crippen LogP contribution in [0.5, 0.6) is 0 Å². The average molecular weight is 167 g/mol. The van der Waals surface area contributed by atoms with Crippen LogP contribution in [0.25, 0.3) is 0 Å². The molecule has 2 N–H and O–H groups in total. The van der Waals surface area contributed by atoms with Crippen molar-refractivity contribution in [2.45, 2.75) is 19.9 Å². The molecule has 1 aromatic heterocycles. The normalized spacial score (nSPS) is 15.8. The fourth-order valence-corrected chi connectivity index (χ4v) is 1.44. The molecule has 0 saturated carbocycles. The third kappa shape index (κ3) is 1.18. The predicted octanol–water partition coefficient (Wildman–Crippen LogP) is 0.752. The van der Waals surface area contributed by atoms with Gasteiger partial charge in [-0.25, -0.2) is 0 Å². The quantitative estimate of drug-likeness (QED) is 0.682. The van der Waals surface area contributed by atoms with E-state index in [1.54, 1.807) is 0 Å². The van der Waals surface area contributed by atoms with Crippen molar-refractivity contribution in [3.63, 3.8) is 0 Å². The van der Waals surface area contributed by atoms with Gasteiger partial charge >= 0.3 is 0 Å². The van der Waals surface area contributed by atoms with Crippen LogP contribution >= 0.6 is 0 Å². The number of fused-ring (bicyclic) bond motifs is 1. The lowest BCUT2D eigenvalue weighted by molar-refractivity contribution is 0.374. The first-order chi connectivity index (χ1) is 5.92. The first-order valence-electron chi connectivity index (χ1n) is 4.34. The molecule has 66 valence electrons. The van der Waals surface area contributed by atoms with E-state index in [-0.39, 0.29) is 0 Å². The van der Waals surface area contributed by atoms with Gasteiger partial charge in [0.2, 0.25) is 0 Å². The smallest absolute Gasteiger partial charge is 0.174 e. The standard InChI is InChI=1S/C8H13N3O/c1-2-10-8-6-5-9-4-3-7(6)12-11-8/h9H,2-5H2,1H3,(H,10,11). The van der Waals surface area contributed by atoms with Crippen LogP contribution in [0.15, 0.2) is 4.52 Å². The van der Waals surface area contributed by atoms with Gasteiger partial charge in [0.1, 0.15) is 5.76 Å². The number of anilines is 1. The lowest BCUT2D eigenvalue weighted by atomic mass is 10.1. The summed E-state index contributed by atoms with van der Waals surface area (Å²) in [5.41, 5.74) is 1.20. The van der Waals surface area contributed by atoms with Gasteiger partial charge in [0.05, 0.1) is 5.56 Å². The Kier molecular flexibility index (Phi) is 1.99. The van der Waals surface area contributed by atoms with Gasteiger partial charge in [-0.1, -0.05) is 5.16 Å². The molecule has 4 nitrogen and oxygen atoms in total. The van der Waals surface area contributed by atoms with Crippen LogP contribution < -0.4 is 10.6 Å². The van der Waals surface area contributed by atoms with Crippen molar-refractivity contribution >= 4 is 5.82 Å². The maximum Gasteiger partial charge on any atom is 0.174 e. The highest BCUT2D eigenvalue weighted by atomic mass is 16.5. The number of hydrogen-bond donors (Lipinski definition) is 2. The second-order valence-electron chi connectivity index (χ2n) is 2.89. The lowest BCUT2D eigenvalue weighted by Gasteiger charge is -2.10. The van der Waals surface area contributed by atoms with Crippen LogP contribution in [0.4, 0.5) is 5.82 Å². The molecular weight excluding hydrogens is 154 g/mol. The number of nitrogens with one attached hydrogen (secondary N) is 2. The summed E-state index contributed by atoms with van der Waals surface area (Å²) in [7, 11) is 0. The molecule has 0 fully saturated rings. The molecule has 0 saturated heterocycles. The van der Waals surface area contributed by atoms with Crippen molar-refractivity contribution in [2.75, 3.05) is 18.4 Å². The highest BCUT2D eigenvalue weighted by Gasteiger charge is 2.17. The minimum Gasteiger partial charge on any atom is -0.367 e. The molecule has 0 aliphatic carbocycles. The Morgan fingerprint density at radius 2 is 2.58 bits per heavy atom. The van der Waals surface area contributed by atoms with Crippen molar-refractivity contribution in [2.24, 2.45) is 0 Å². The number of aromatic nitrogens is 1. The number of hydrogen-bond acceptors (Lipinski definition) is 4.